The molecule has 2 aliphatic rings. The summed E-state index contributed by atoms with van der Waals surface area (Å²) in [5.74, 6) is 0.867. The zero-order chi connectivity index (χ0) is 21.7. The molecule has 1 amide bonds. The Hall–Kier alpha value is -2.56. The van der Waals surface area contributed by atoms with E-state index in [0.29, 0.717) is 65.3 Å². The van der Waals surface area contributed by atoms with E-state index in [1.165, 1.54) is 10.5 Å². The molecule has 2 aliphatic heterocycles. The zero-order valence-electron chi connectivity index (χ0n) is 17.4. The highest BCUT2D eigenvalue weighted by Gasteiger charge is 2.27. The van der Waals surface area contributed by atoms with Crippen molar-refractivity contribution in [1.29, 1.82) is 0 Å². The van der Waals surface area contributed by atoms with Crippen LogP contribution in [0.3, 0.4) is 0 Å². The Bertz CT molecular complexity index is 971. The van der Waals surface area contributed by atoms with Gasteiger partial charge in [-0.25, -0.2) is 13.4 Å². The van der Waals surface area contributed by atoms with Crippen LogP contribution in [0.5, 0.6) is 0 Å². The van der Waals surface area contributed by atoms with Crippen LogP contribution in [-0.4, -0.2) is 86.0 Å². The standard InChI is InChI=1S/C21H27N5O4S/c27-21(6-3-18-2-1-7-22-16-18)25-10-8-24(9-11-25)20-5-4-19(17-23-20)31(28,29)26-12-14-30-15-13-26/h1-2,4-5,7,16-17H,3,6,8-15H2. The van der Waals surface area contributed by atoms with Crippen LogP contribution in [0, 0.1) is 0 Å². The SMILES string of the molecule is O=C(CCc1cccnc1)N1CCN(c2ccc(S(=O)(=O)N3CCOCC3)cn2)CC1. The van der Waals surface area contributed by atoms with Crippen LogP contribution in [0.2, 0.25) is 0 Å². The van der Waals surface area contributed by atoms with E-state index in [0.717, 1.165) is 11.4 Å². The van der Waals surface area contributed by atoms with Crippen molar-refractivity contribution in [2.75, 3.05) is 57.4 Å². The summed E-state index contributed by atoms with van der Waals surface area (Å²) in [6, 6.07) is 7.21. The Morgan fingerprint density at radius 2 is 1.77 bits per heavy atom. The lowest BCUT2D eigenvalue weighted by Crippen LogP contribution is -2.49. The molecule has 10 heteroatoms. The van der Waals surface area contributed by atoms with Gasteiger partial charge >= 0.3 is 0 Å². The number of hydrogen-bond donors (Lipinski definition) is 0. The van der Waals surface area contributed by atoms with Gasteiger partial charge in [0.1, 0.15) is 10.7 Å². The predicted octanol–water partition coefficient (Wildman–Crippen LogP) is 0.779. The molecule has 2 fully saturated rings. The lowest BCUT2D eigenvalue weighted by molar-refractivity contribution is -0.131. The number of pyridine rings is 2. The highest BCUT2D eigenvalue weighted by Crippen LogP contribution is 2.20. The molecule has 0 unspecified atom stereocenters. The first-order chi connectivity index (χ1) is 15.0. The van der Waals surface area contributed by atoms with Crippen molar-refractivity contribution in [3.05, 3.63) is 48.4 Å². The second kappa shape index (κ2) is 9.71. The molecule has 31 heavy (non-hydrogen) atoms. The summed E-state index contributed by atoms with van der Waals surface area (Å²) in [5.41, 5.74) is 1.06. The van der Waals surface area contributed by atoms with Gasteiger partial charge in [0.05, 0.1) is 13.2 Å². The van der Waals surface area contributed by atoms with Crippen LogP contribution < -0.4 is 4.90 Å². The smallest absolute Gasteiger partial charge is 0.244 e. The molecule has 0 atom stereocenters. The molecule has 2 aromatic rings. The molecule has 2 saturated heterocycles. The van der Waals surface area contributed by atoms with Crippen molar-refractivity contribution in [3.8, 4) is 0 Å². The van der Waals surface area contributed by atoms with Gasteiger partial charge < -0.3 is 14.5 Å². The second-order valence-corrected chi connectivity index (χ2v) is 9.54. The summed E-state index contributed by atoms with van der Waals surface area (Å²) in [5, 5.41) is 0. The molecule has 9 nitrogen and oxygen atoms in total. The van der Waals surface area contributed by atoms with E-state index in [1.807, 2.05) is 17.0 Å². The maximum atomic E-state index is 12.7. The summed E-state index contributed by atoms with van der Waals surface area (Å²) in [6.07, 6.45) is 6.10. The number of nitrogens with zero attached hydrogens (tertiary/aromatic N) is 5. The molecule has 0 bridgehead atoms. The first-order valence-electron chi connectivity index (χ1n) is 10.5. The minimum absolute atomic E-state index is 0.142. The second-order valence-electron chi connectivity index (χ2n) is 7.60. The number of piperazine rings is 1. The Morgan fingerprint density at radius 1 is 1.00 bits per heavy atom. The largest absolute Gasteiger partial charge is 0.379 e. The summed E-state index contributed by atoms with van der Waals surface area (Å²) < 4.78 is 32.1. The number of sulfonamides is 1. The van der Waals surface area contributed by atoms with Gasteiger partial charge in [0.25, 0.3) is 0 Å². The molecule has 2 aromatic heterocycles. The average Bonchev–Trinajstić information content (AvgIpc) is 2.84. The van der Waals surface area contributed by atoms with E-state index in [9.17, 15) is 13.2 Å². The van der Waals surface area contributed by atoms with Crippen molar-refractivity contribution in [2.45, 2.75) is 17.7 Å². The summed E-state index contributed by atoms with van der Waals surface area (Å²) >= 11 is 0. The molecular weight excluding hydrogens is 418 g/mol. The van der Waals surface area contributed by atoms with E-state index < -0.39 is 10.0 Å². The van der Waals surface area contributed by atoms with Crippen LogP contribution in [0.1, 0.15) is 12.0 Å². The molecule has 0 aliphatic carbocycles. The fraction of sp³-hybridized carbons (Fsp3) is 0.476. The van der Waals surface area contributed by atoms with Crippen LogP contribution in [0.4, 0.5) is 5.82 Å². The highest BCUT2D eigenvalue weighted by molar-refractivity contribution is 7.89. The fourth-order valence-electron chi connectivity index (χ4n) is 3.79. The average molecular weight is 446 g/mol. The number of morpholine rings is 1. The maximum absolute atomic E-state index is 12.7. The van der Waals surface area contributed by atoms with Crippen LogP contribution in [0.25, 0.3) is 0 Å². The fourth-order valence-corrected chi connectivity index (χ4v) is 5.14. The topological polar surface area (TPSA) is 95.9 Å². The molecule has 0 spiro atoms. The molecular formula is C21H27N5O4S. The van der Waals surface area contributed by atoms with Crippen molar-refractivity contribution in [2.24, 2.45) is 0 Å². The number of aromatic nitrogens is 2. The van der Waals surface area contributed by atoms with Crippen molar-refractivity contribution in [1.82, 2.24) is 19.2 Å². The van der Waals surface area contributed by atoms with E-state index in [-0.39, 0.29) is 10.8 Å². The van der Waals surface area contributed by atoms with Gasteiger partial charge in [0, 0.05) is 64.3 Å². The van der Waals surface area contributed by atoms with Crippen LogP contribution in [0.15, 0.2) is 47.8 Å². The number of amides is 1. The number of carbonyl (C=O) groups excluding carboxylic acids is 1. The van der Waals surface area contributed by atoms with Crippen molar-refractivity contribution >= 4 is 21.7 Å². The third-order valence-electron chi connectivity index (χ3n) is 5.64. The Labute approximate surface area is 182 Å². The normalized spacial score (nSPS) is 18.2. The number of ether oxygens (including phenoxy) is 1. The van der Waals surface area contributed by atoms with Gasteiger partial charge in [-0.15, -0.1) is 0 Å². The Kier molecular flexibility index (Phi) is 6.79. The third kappa shape index (κ3) is 5.20. The zero-order valence-corrected chi connectivity index (χ0v) is 18.2. The predicted molar refractivity (Wildman–Crippen MR) is 115 cm³/mol. The number of aryl methyl sites for hydroxylation is 1. The van der Waals surface area contributed by atoms with Crippen molar-refractivity contribution in [3.63, 3.8) is 0 Å². The van der Waals surface area contributed by atoms with Gasteiger partial charge in [-0.05, 0) is 30.2 Å². The molecule has 4 rings (SSSR count). The molecule has 0 N–H and O–H groups in total. The van der Waals surface area contributed by atoms with Gasteiger partial charge in [-0.3, -0.25) is 9.78 Å². The maximum Gasteiger partial charge on any atom is 0.244 e. The van der Waals surface area contributed by atoms with Gasteiger partial charge in [0.2, 0.25) is 15.9 Å². The number of anilines is 1. The molecule has 0 aromatic carbocycles. The van der Waals surface area contributed by atoms with Gasteiger partial charge in [-0.1, -0.05) is 6.07 Å². The van der Waals surface area contributed by atoms with E-state index in [1.54, 1.807) is 24.5 Å². The van der Waals surface area contributed by atoms with E-state index in [4.69, 9.17) is 4.74 Å². The minimum atomic E-state index is -3.54. The lowest BCUT2D eigenvalue weighted by Gasteiger charge is -2.35. The summed E-state index contributed by atoms with van der Waals surface area (Å²) in [6.45, 7) is 4.14. The number of rotatable bonds is 6. The van der Waals surface area contributed by atoms with Crippen LogP contribution >= 0.6 is 0 Å². The number of carbonyl (C=O) groups is 1. The molecule has 166 valence electrons. The molecule has 4 heterocycles. The first kappa shape index (κ1) is 21.7. The van der Waals surface area contributed by atoms with Gasteiger partial charge in [-0.2, -0.15) is 4.31 Å². The van der Waals surface area contributed by atoms with E-state index >= 15 is 0 Å². The van der Waals surface area contributed by atoms with Gasteiger partial charge in [0.15, 0.2) is 0 Å². The summed E-state index contributed by atoms with van der Waals surface area (Å²) in [7, 11) is -3.54. The highest BCUT2D eigenvalue weighted by atomic mass is 32.2. The minimum Gasteiger partial charge on any atom is -0.379 e. The van der Waals surface area contributed by atoms with Crippen molar-refractivity contribution < 1.29 is 17.9 Å². The molecule has 0 radical (unpaired) electrons. The third-order valence-corrected chi connectivity index (χ3v) is 7.52. The molecule has 0 saturated carbocycles. The lowest BCUT2D eigenvalue weighted by atomic mass is 10.1. The monoisotopic (exact) mass is 445 g/mol. The Balaban J connectivity index is 1.30. The van der Waals surface area contributed by atoms with Crippen LogP contribution in [-0.2, 0) is 26.0 Å². The quantitative estimate of drug-likeness (QED) is 0.648. The van der Waals surface area contributed by atoms with E-state index in [2.05, 4.69) is 14.9 Å². The Morgan fingerprint density at radius 3 is 2.42 bits per heavy atom. The first-order valence-corrected chi connectivity index (χ1v) is 11.9. The number of hydrogen-bond acceptors (Lipinski definition) is 7. The summed E-state index contributed by atoms with van der Waals surface area (Å²) in [4.78, 5) is 25.1.